The molecule has 78 valence electrons. The molecule has 3 nitrogen and oxygen atoms in total. The Kier molecular flexibility index (Phi) is 2.92. The third-order valence-corrected chi connectivity index (χ3v) is 2.23. The third kappa shape index (κ3) is 2.13. The lowest BCUT2D eigenvalue weighted by Gasteiger charge is -2.04. The summed E-state index contributed by atoms with van der Waals surface area (Å²) in [6, 6.07) is 5.17. The molecule has 1 heterocycles. The summed E-state index contributed by atoms with van der Waals surface area (Å²) in [6.45, 7) is 0.524. The molecule has 0 amide bonds. The second-order valence-corrected chi connectivity index (χ2v) is 3.29. The summed E-state index contributed by atoms with van der Waals surface area (Å²) in [5.74, 6) is 1.27. The molecule has 0 N–H and O–H groups in total. The maximum absolute atomic E-state index is 11.2. The van der Waals surface area contributed by atoms with Crippen LogP contribution in [0.3, 0.4) is 0 Å². The zero-order valence-electron chi connectivity index (χ0n) is 7.90. The van der Waals surface area contributed by atoms with Gasteiger partial charge in [-0.25, -0.2) is 0 Å². The Labute approximate surface area is 92.3 Å². The molecule has 0 spiro atoms. The second kappa shape index (κ2) is 4.36. The van der Waals surface area contributed by atoms with Crippen molar-refractivity contribution in [2.75, 3.05) is 13.2 Å². The molecular weight excluding hydrogens is 216 g/mol. The number of carbonyl (C=O) groups is 1. The topological polar surface area (TPSA) is 35.5 Å². The fraction of sp³-hybridized carbons (Fsp3) is 0.182. The van der Waals surface area contributed by atoms with Gasteiger partial charge in [-0.1, -0.05) is 11.6 Å². The molecule has 1 aromatic carbocycles. The van der Waals surface area contributed by atoms with Gasteiger partial charge in [-0.2, -0.15) is 0 Å². The van der Waals surface area contributed by atoms with Crippen LogP contribution in [0.1, 0.15) is 10.4 Å². The van der Waals surface area contributed by atoms with Gasteiger partial charge in [0, 0.05) is 11.6 Å². The van der Waals surface area contributed by atoms with Crippen molar-refractivity contribution in [3.63, 3.8) is 0 Å². The van der Waals surface area contributed by atoms with Crippen molar-refractivity contribution in [3.8, 4) is 11.5 Å². The average molecular weight is 225 g/mol. The molecule has 1 aliphatic heterocycles. The van der Waals surface area contributed by atoms with Crippen LogP contribution in [-0.4, -0.2) is 19.0 Å². The van der Waals surface area contributed by atoms with Gasteiger partial charge in [0.1, 0.15) is 18.1 Å². The Morgan fingerprint density at radius 2 is 2.40 bits per heavy atom. The summed E-state index contributed by atoms with van der Waals surface area (Å²) in [5, 5.41) is 0. The normalized spacial score (nSPS) is 14.1. The van der Waals surface area contributed by atoms with E-state index >= 15 is 0 Å². The van der Waals surface area contributed by atoms with Crippen molar-refractivity contribution in [2.24, 2.45) is 0 Å². The first-order valence-electron chi connectivity index (χ1n) is 4.49. The highest BCUT2D eigenvalue weighted by atomic mass is 35.5. The molecule has 0 atom stereocenters. The highest BCUT2D eigenvalue weighted by Gasteiger charge is 2.20. The van der Waals surface area contributed by atoms with Gasteiger partial charge < -0.3 is 9.47 Å². The van der Waals surface area contributed by atoms with Crippen LogP contribution in [0.2, 0.25) is 0 Å². The van der Waals surface area contributed by atoms with E-state index in [0.717, 1.165) is 0 Å². The fourth-order valence-corrected chi connectivity index (χ4v) is 1.42. The van der Waals surface area contributed by atoms with Crippen molar-refractivity contribution >= 4 is 17.4 Å². The second-order valence-electron chi connectivity index (χ2n) is 3.04. The largest absolute Gasteiger partial charge is 0.489 e. The van der Waals surface area contributed by atoms with Crippen molar-refractivity contribution in [2.45, 2.75) is 0 Å². The zero-order valence-corrected chi connectivity index (χ0v) is 8.66. The van der Waals surface area contributed by atoms with Crippen LogP contribution in [0, 0.1) is 0 Å². The van der Waals surface area contributed by atoms with Crippen molar-refractivity contribution < 1.29 is 14.3 Å². The van der Waals surface area contributed by atoms with Crippen LogP contribution in [0.25, 0.3) is 0 Å². The van der Waals surface area contributed by atoms with Crippen LogP contribution in [0.4, 0.5) is 0 Å². The molecule has 0 bridgehead atoms. The van der Waals surface area contributed by atoms with Gasteiger partial charge in [0.15, 0.2) is 6.61 Å². The lowest BCUT2D eigenvalue weighted by molar-refractivity contribution is 0.0961. The van der Waals surface area contributed by atoms with Gasteiger partial charge in [0.05, 0.1) is 5.56 Å². The Morgan fingerprint density at radius 1 is 1.53 bits per heavy atom. The lowest BCUT2D eigenvalue weighted by Crippen LogP contribution is -1.98. The van der Waals surface area contributed by atoms with E-state index in [0.29, 0.717) is 23.7 Å². The molecule has 4 heteroatoms. The van der Waals surface area contributed by atoms with Gasteiger partial charge in [-0.05, 0) is 18.2 Å². The summed E-state index contributed by atoms with van der Waals surface area (Å²) < 4.78 is 10.5. The first-order valence-corrected chi connectivity index (χ1v) is 4.93. The third-order valence-electron chi connectivity index (χ3n) is 2.05. The quantitative estimate of drug-likeness (QED) is 0.791. The minimum absolute atomic E-state index is 0.0113. The number of halogens is 1. The molecule has 15 heavy (non-hydrogen) atoms. The van der Waals surface area contributed by atoms with Crippen molar-refractivity contribution in [1.29, 1.82) is 0 Å². The van der Waals surface area contributed by atoms with Crippen LogP contribution < -0.4 is 9.47 Å². The number of benzene rings is 1. The maximum atomic E-state index is 11.2. The molecule has 0 aromatic heterocycles. The highest BCUT2D eigenvalue weighted by Crippen LogP contribution is 2.29. The smallest absolute Gasteiger partial charge is 0.203 e. The number of ketones is 1. The molecule has 0 saturated heterocycles. The van der Waals surface area contributed by atoms with Crippen LogP contribution in [0.5, 0.6) is 11.5 Å². The predicted molar refractivity (Wildman–Crippen MR) is 56.8 cm³/mol. The van der Waals surface area contributed by atoms with Gasteiger partial charge in [0.2, 0.25) is 5.78 Å². The van der Waals surface area contributed by atoms with E-state index in [-0.39, 0.29) is 12.4 Å². The summed E-state index contributed by atoms with van der Waals surface area (Å²) >= 11 is 5.35. The molecule has 2 rings (SSSR count). The zero-order chi connectivity index (χ0) is 10.7. The average Bonchev–Trinajstić information content (AvgIpc) is 2.61. The monoisotopic (exact) mass is 224 g/mol. The lowest BCUT2D eigenvalue weighted by atomic mass is 10.1. The van der Waals surface area contributed by atoms with E-state index in [2.05, 4.69) is 0 Å². The first kappa shape index (κ1) is 10.1. The van der Waals surface area contributed by atoms with Gasteiger partial charge in [0.25, 0.3) is 0 Å². The fourth-order valence-electron chi connectivity index (χ4n) is 1.34. The Balaban J connectivity index is 2.12. The number of fused-ring (bicyclic) bond motifs is 1. The highest BCUT2D eigenvalue weighted by molar-refractivity contribution is 6.25. The van der Waals surface area contributed by atoms with Crippen molar-refractivity contribution in [1.82, 2.24) is 0 Å². The first-order chi connectivity index (χ1) is 7.31. The molecule has 0 fully saturated rings. The predicted octanol–water partition coefficient (Wildman–Crippen LogP) is 2.39. The SMILES string of the molecule is O=C1COc2cc(OC/C=C/Cl)ccc21. The minimum Gasteiger partial charge on any atom is -0.489 e. The molecule has 0 radical (unpaired) electrons. The van der Waals surface area contributed by atoms with E-state index in [1.807, 2.05) is 0 Å². The number of hydrogen-bond acceptors (Lipinski definition) is 3. The van der Waals surface area contributed by atoms with Crippen LogP contribution in [-0.2, 0) is 0 Å². The van der Waals surface area contributed by atoms with Gasteiger partial charge in [-0.3, -0.25) is 4.79 Å². The molecule has 0 saturated carbocycles. The summed E-state index contributed by atoms with van der Waals surface area (Å²) in [7, 11) is 0. The Morgan fingerprint density at radius 3 is 3.20 bits per heavy atom. The summed E-state index contributed by atoms with van der Waals surface area (Å²) in [4.78, 5) is 11.2. The summed E-state index contributed by atoms with van der Waals surface area (Å²) in [5.41, 5.74) is 2.02. The number of hydrogen-bond donors (Lipinski definition) is 0. The molecule has 0 unspecified atom stereocenters. The molecular formula is C11H9ClO3. The number of rotatable bonds is 3. The maximum Gasteiger partial charge on any atom is 0.203 e. The number of carbonyl (C=O) groups excluding carboxylic acids is 1. The summed E-state index contributed by atoms with van der Waals surface area (Å²) in [6.07, 6.45) is 1.68. The Hall–Kier alpha value is -1.48. The van der Waals surface area contributed by atoms with Crippen molar-refractivity contribution in [3.05, 3.63) is 35.4 Å². The Bertz CT molecular complexity index is 412. The van der Waals surface area contributed by atoms with E-state index in [1.165, 1.54) is 5.54 Å². The standard InChI is InChI=1S/C11H9ClO3/c12-4-1-5-14-8-2-3-9-10(13)7-15-11(9)6-8/h1-4,6H,5,7H2/b4-1+. The molecule has 1 aliphatic rings. The molecule has 1 aromatic rings. The number of ether oxygens (including phenoxy) is 2. The minimum atomic E-state index is 0.0113. The van der Waals surface area contributed by atoms with E-state index < -0.39 is 0 Å². The van der Waals surface area contributed by atoms with Crippen LogP contribution >= 0.6 is 11.6 Å². The number of Topliss-reactive ketones (excluding diaryl/α,β-unsaturated/α-hetero) is 1. The van der Waals surface area contributed by atoms with Gasteiger partial charge >= 0.3 is 0 Å². The van der Waals surface area contributed by atoms with E-state index in [1.54, 1.807) is 24.3 Å². The molecule has 0 aliphatic carbocycles. The van der Waals surface area contributed by atoms with E-state index in [9.17, 15) is 4.79 Å². The van der Waals surface area contributed by atoms with Gasteiger partial charge in [-0.15, -0.1) is 0 Å². The van der Waals surface area contributed by atoms with E-state index in [4.69, 9.17) is 21.1 Å². The van der Waals surface area contributed by atoms with Crippen LogP contribution in [0.15, 0.2) is 29.8 Å².